The van der Waals surface area contributed by atoms with Gasteiger partial charge in [0.25, 0.3) is 10.1 Å². The lowest BCUT2D eigenvalue weighted by atomic mass is 10.1. The molecule has 6 nitrogen and oxygen atoms in total. The first-order valence-corrected chi connectivity index (χ1v) is 10.6. The van der Waals surface area contributed by atoms with Gasteiger partial charge in [-0.2, -0.15) is 16.8 Å². The Morgan fingerprint density at radius 2 is 1.50 bits per heavy atom. The van der Waals surface area contributed by atoms with Gasteiger partial charge in [0, 0.05) is 10.4 Å². The van der Waals surface area contributed by atoms with Crippen LogP contribution in [-0.2, 0) is 20.2 Å². The largest absolute Gasteiger partial charge is 0.376 e. The van der Waals surface area contributed by atoms with E-state index in [0.717, 1.165) is 12.1 Å². The fourth-order valence-electron chi connectivity index (χ4n) is 2.38. The van der Waals surface area contributed by atoms with Crippen LogP contribution in [0.4, 0.5) is 0 Å². The van der Waals surface area contributed by atoms with E-state index in [0.29, 0.717) is 10.8 Å². The van der Waals surface area contributed by atoms with E-state index in [1.54, 1.807) is 30.3 Å². The van der Waals surface area contributed by atoms with Crippen LogP contribution in [0.25, 0.3) is 10.8 Å². The lowest BCUT2D eigenvalue weighted by molar-refractivity contribution is 0.464. The fourth-order valence-corrected chi connectivity index (χ4v) is 4.98. The van der Waals surface area contributed by atoms with Crippen molar-refractivity contribution < 1.29 is 25.6 Å². The molecule has 3 aromatic rings. The summed E-state index contributed by atoms with van der Waals surface area (Å²) >= 11 is 11.6. The number of rotatable bonds is 4. The minimum Gasteiger partial charge on any atom is -0.376 e. The third-order valence-corrected chi connectivity index (χ3v) is 6.10. The predicted molar refractivity (Wildman–Crippen MR) is 98.0 cm³/mol. The second kappa shape index (κ2) is 6.71. The Balaban J connectivity index is 2.20. The first kappa shape index (κ1) is 18.9. The molecule has 0 spiro atoms. The van der Waals surface area contributed by atoms with Gasteiger partial charge in [-0.1, -0.05) is 59.6 Å². The van der Waals surface area contributed by atoms with Crippen molar-refractivity contribution in [2.75, 3.05) is 0 Å². The highest BCUT2D eigenvalue weighted by molar-refractivity contribution is 7.87. The molecule has 136 valence electrons. The van der Waals surface area contributed by atoms with Crippen molar-refractivity contribution in [3.05, 3.63) is 64.6 Å². The molecule has 10 heteroatoms. The second-order valence-corrected chi connectivity index (χ2v) is 8.95. The molecule has 0 aliphatic heterocycles. The minimum atomic E-state index is -4.83. The van der Waals surface area contributed by atoms with Crippen LogP contribution in [0.2, 0.25) is 10.0 Å². The van der Waals surface area contributed by atoms with Gasteiger partial charge in [-0.25, -0.2) is 0 Å². The number of benzene rings is 3. The Hall–Kier alpha value is -1.84. The molecular formula is C16H10Cl2O6S2. The van der Waals surface area contributed by atoms with E-state index in [-0.39, 0.29) is 14.9 Å². The number of hydrogen-bond donors (Lipinski definition) is 1. The predicted octanol–water partition coefficient (Wildman–Crippen LogP) is 4.16. The Morgan fingerprint density at radius 3 is 2.19 bits per heavy atom. The van der Waals surface area contributed by atoms with Crippen LogP contribution < -0.4 is 4.18 Å². The van der Waals surface area contributed by atoms with Gasteiger partial charge in [0.1, 0.15) is 9.79 Å². The van der Waals surface area contributed by atoms with Crippen molar-refractivity contribution in [2.45, 2.75) is 9.79 Å². The van der Waals surface area contributed by atoms with Gasteiger partial charge in [-0.15, -0.1) is 0 Å². The van der Waals surface area contributed by atoms with Crippen molar-refractivity contribution in [2.24, 2.45) is 0 Å². The zero-order chi connectivity index (χ0) is 19.1. The number of hydrogen-bond acceptors (Lipinski definition) is 5. The molecule has 0 unspecified atom stereocenters. The first-order valence-electron chi connectivity index (χ1n) is 6.98. The Bertz CT molecular complexity index is 1220. The molecule has 0 saturated carbocycles. The first-order chi connectivity index (χ1) is 12.1. The van der Waals surface area contributed by atoms with Crippen LogP contribution in [0.5, 0.6) is 5.75 Å². The molecule has 0 aliphatic rings. The van der Waals surface area contributed by atoms with Gasteiger partial charge >= 0.3 is 10.1 Å². The average molecular weight is 433 g/mol. The molecular weight excluding hydrogens is 423 g/mol. The minimum absolute atomic E-state index is 0.113. The average Bonchev–Trinajstić information content (AvgIpc) is 2.55. The monoisotopic (exact) mass is 432 g/mol. The molecule has 0 atom stereocenters. The van der Waals surface area contributed by atoms with Crippen LogP contribution in [0.3, 0.4) is 0 Å². The van der Waals surface area contributed by atoms with Crippen molar-refractivity contribution in [3.63, 3.8) is 0 Å². The van der Waals surface area contributed by atoms with E-state index >= 15 is 0 Å². The summed E-state index contributed by atoms with van der Waals surface area (Å²) in [6, 6.07) is 13.2. The number of halogens is 2. The van der Waals surface area contributed by atoms with Crippen molar-refractivity contribution in [3.8, 4) is 5.75 Å². The second-order valence-electron chi connectivity index (χ2n) is 5.20. The summed E-state index contributed by atoms with van der Waals surface area (Å²) in [5, 5.41) is 0.536. The maximum absolute atomic E-state index is 12.7. The zero-order valence-corrected chi connectivity index (χ0v) is 15.9. The topological polar surface area (TPSA) is 97.7 Å². The summed E-state index contributed by atoms with van der Waals surface area (Å²) in [6.45, 7) is 0. The summed E-state index contributed by atoms with van der Waals surface area (Å²) in [5.74, 6) is -0.730. The molecule has 0 heterocycles. The molecule has 26 heavy (non-hydrogen) atoms. The molecule has 3 aromatic carbocycles. The standard InChI is InChI=1S/C16H10Cl2O6S2/c17-11-8-13(18)16(15(9-11)25(19,20)21)24-26(22,23)14-7-3-5-10-4-1-2-6-12(10)14/h1-9H,(H,19,20,21). The SMILES string of the molecule is O=S(=O)(O)c1cc(Cl)cc(Cl)c1OS(=O)(=O)c1cccc2ccccc12. The van der Waals surface area contributed by atoms with E-state index in [9.17, 15) is 21.4 Å². The molecule has 0 amide bonds. The van der Waals surface area contributed by atoms with Crippen LogP contribution >= 0.6 is 23.2 Å². The molecule has 0 fully saturated rings. The normalized spacial score (nSPS) is 12.3. The number of fused-ring (bicyclic) bond motifs is 1. The van der Waals surface area contributed by atoms with E-state index in [1.165, 1.54) is 12.1 Å². The zero-order valence-electron chi connectivity index (χ0n) is 12.8. The Morgan fingerprint density at radius 1 is 0.846 bits per heavy atom. The highest BCUT2D eigenvalue weighted by Gasteiger charge is 2.27. The van der Waals surface area contributed by atoms with E-state index in [2.05, 4.69) is 0 Å². The van der Waals surface area contributed by atoms with Crippen molar-refractivity contribution in [1.29, 1.82) is 0 Å². The summed E-state index contributed by atoms with van der Waals surface area (Å²) in [5.41, 5.74) is 0. The van der Waals surface area contributed by atoms with Gasteiger partial charge in [0.15, 0.2) is 5.75 Å². The highest BCUT2D eigenvalue weighted by Crippen LogP contribution is 2.37. The van der Waals surface area contributed by atoms with Gasteiger partial charge < -0.3 is 4.18 Å². The lowest BCUT2D eigenvalue weighted by Gasteiger charge is -2.13. The third-order valence-electron chi connectivity index (χ3n) is 3.46. The van der Waals surface area contributed by atoms with Gasteiger partial charge in [-0.05, 0) is 23.6 Å². The van der Waals surface area contributed by atoms with E-state index < -0.39 is 30.9 Å². The summed E-state index contributed by atoms with van der Waals surface area (Å²) in [4.78, 5) is -1.03. The van der Waals surface area contributed by atoms with Crippen molar-refractivity contribution in [1.82, 2.24) is 0 Å². The van der Waals surface area contributed by atoms with E-state index in [1.807, 2.05) is 0 Å². The summed E-state index contributed by atoms with van der Waals surface area (Å²) in [6.07, 6.45) is 0. The summed E-state index contributed by atoms with van der Waals surface area (Å²) in [7, 11) is -9.30. The molecule has 1 N–H and O–H groups in total. The molecule has 0 radical (unpaired) electrons. The summed E-state index contributed by atoms with van der Waals surface area (Å²) < 4.78 is 62.9. The third kappa shape index (κ3) is 3.65. The van der Waals surface area contributed by atoms with Gasteiger partial charge in [-0.3, -0.25) is 4.55 Å². The smallest absolute Gasteiger partial charge is 0.339 e. The molecule has 0 saturated heterocycles. The molecule has 3 rings (SSSR count). The Labute approximate surface area is 159 Å². The van der Waals surface area contributed by atoms with Crippen LogP contribution in [0, 0.1) is 0 Å². The Kier molecular flexibility index (Phi) is 4.89. The quantitative estimate of drug-likeness (QED) is 0.490. The fraction of sp³-hybridized carbons (Fsp3) is 0. The van der Waals surface area contributed by atoms with Crippen LogP contribution in [-0.4, -0.2) is 21.4 Å². The molecule has 0 aliphatic carbocycles. The molecule has 0 aromatic heterocycles. The van der Waals surface area contributed by atoms with Gasteiger partial charge in [0.05, 0.1) is 5.02 Å². The highest BCUT2D eigenvalue weighted by atomic mass is 35.5. The van der Waals surface area contributed by atoms with Crippen LogP contribution in [0.1, 0.15) is 0 Å². The lowest BCUT2D eigenvalue weighted by Crippen LogP contribution is -2.13. The van der Waals surface area contributed by atoms with E-state index in [4.69, 9.17) is 27.4 Å². The maximum Gasteiger partial charge on any atom is 0.339 e. The van der Waals surface area contributed by atoms with Gasteiger partial charge in [0.2, 0.25) is 0 Å². The molecule has 0 bridgehead atoms. The van der Waals surface area contributed by atoms with Crippen LogP contribution in [0.15, 0.2) is 64.4 Å². The van der Waals surface area contributed by atoms with Crippen molar-refractivity contribution >= 4 is 54.2 Å². The maximum atomic E-state index is 12.7.